The van der Waals surface area contributed by atoms with Crippen molar-refractivity contribution in [1.82, 2.24) is 9.62 Å². The van der Waals surface area contributed by atoms with E-state index >= 15 is 0 Å². The van der Waals surface area contributed by atoms with E-state index in [0.29, 0.717) is 35.7 Å². The van der Waals surface area contributed by atoms with Gasteiger partial charge in [0.25, 0.3) is 10.0 Å². The van der Waals surface area contributed by atoms with Crippen LogP contribution in [0.5, 0.6) is 0 Å². The number of nitrogens with two attached hydrogens (primary N) is 3. The van der Waals surface area contributed by atoms with Crippen molar-refractivity contribution < 1.29 is 32.3 Å². The minimum absolute atomic E-state index is 0.0648. The van der Waals surface area contributed by atoms with E-state index in [9.17, 15) is 27.6 Å². The highest BCUT2D eigenvalue weighted by molar-refractivity contribution is 7.89. The van der Waals surface area contributed by atoms with Crippen LogP contribution in [0.25, 0.3) is 0 Å². The molecular formula is C33H49N5O7S. The third kappa shape index (κ3) is 11.6. The molecule has 3 atom stereocenters. The van der Waals surface area contributed by atoms with Crippen molar-refractivity contribution in [2.45, 2.75) is 88.7 Å². The molecule has 2 rings (SSSR count). The molecule has 0 spiro atoms. The summed E-state index contributed by atoms with van der Waals surface area (Å²) in [5, 5.41) is 2.60. The number of sulfonamides is 1. The first-order valence-electron chi connectivity index (χ1n) is 15.7. The van der Waals surface area contributed by atoms with Gasteiger partial charge in [-0.1, -0.05) is 68.3 Å². The van der Waals surface area contributed by atoms with Crippen LogP contribution in [-0.4, -0.2) is 74.1 Å². The molecule has 0 saturated carbocycles. The Morgan fingerprint density at radius 3 is 2.00 bits per heavy atom. The molecule has 13 heteroatoms. The van der Waals surface area contributed by atoms with Crippen molar-refractivity contribution >= 4 is 33.6 Å². The molecule has 2 amide bonds. The van der Waals surface area contributed by atoms with Gasteiger partial charge in [-0.2, -0.15) is 4.31 Å². The Kier molecular flexibility index (Phi) is 16.0. The quantitative estimate of drug-likeness (QED) is 0.121. The normalized spacial score (nSPS) is 13.5. The van der Waals surface area contributed by atoms with Gasteiger partial charge in [0.05, 0.1) is 23.6 Å². The number of Topliss-reactive ketones (excluding diaryl/α,β-unsaturated/α-hetero) is 2. The number of ether oxygens (including phenoxy) is 1. The fourth-order valence-electron chi connectivity index (χ4n) is 4.68. The topological polar surface area (TPSA) is 205 Å². The molecular weight excluding hydrogens is 610 g/mol. The summed E-state index contributed by atoms with van der Waals surface area (Å²) in [6.45, 7) is 5.94. The van der Waals surface area contributed by atoms with Crippen LogP contribution in [-0.2, 0) is 35.6 Å². The Labute approximate surface area is 272 Å². The van der Waals surface area contributed by atoms with Crippen molar-refractivity contribution in [1.29, 1.82) is 0 Å². The molecule has 0 radical (unpaired) electrons. The van der Waals surface area contributed by atoms with Crippen molar-refractivity contribution in [2.75, 3.05) is 19.7 Å². The van der Waals surface area contributed by atoms with E-state index in [4.69, 9.17) is 21.9 Å². The molecule has 0 fully saturated rings. The lowest BCUT2D eigenvalue weighted by atomic mass is 9.94. The van der Waals surface area contributed by atoms with Gasteiger partial charge >= 0.3 is 6.09 Å². The van der Waals surface area contributed by atoms with Crippen molar-refractivity contribution in [3.63, 3.8) is 0 Å². The fourth-order valence-corrected chi connectivity index (χ4v) is 6.17. The van der Waals surface area contributed by atoms with E-state index in [1.165, 1.54) is 12.1 Å². The summed E-state index contributed by atoms with van der Waals surface area (Å²) in [5.74, 6) is -2.84. The minimum Gasteiger partial charge on any atom is -0.448 e. The third-order valence-corrected chi connectivity index (χ3v) is 9.07. The number of carbonyl (C=O) groups excluding carboxylic acids is 4. The maximum absolute atomic E-state index is 14.1. The number of ketones is 2. The predicted molar refractivity (Wildman–Crippen MR) is 176 cm³/mol. The van der Waals surface area contributed by atoms with Crippen LogP contribution < -0.4 is 22.5 Å². The van der Waals surface area contributed by atoms with Crippen LogP contribution in [0.2, 0.25) is 0 Å². The standard InChI is InChI=1S/C33H49N5O7S/c1-23(2)22-45-33(42)38(46(43,44)26-17-15-24(3)16-18-26)29(14-8-10-20-35)32(41)37-28(21-25-11-5-4-6-12-25)31(40)30(39)27(36)13-7-9-19-34/h4-6,11-12,15-18,23,27-29H,7-10,13-14,19-22,34-36H2,1-3H3,(H,37,41)/t27-,28-,29+/m0/s1. The highest BCUT2D eigenvalue weighted by Crippen LogP contribution is 2.24. The SMILES string of the molecule is Cc1ccc(S(=O)(=O)N(C(=O)OCC(C)C)[C@H](CCCCN)C(=O)N[C@@H](Cc2ccccc2)C(=O)C(=O)[C@@H](N)CCCCN)cc1. The molecule has 2 aromatic carbocycles. The number of nitrogens with one attached hydrogen (secondary N) is 1. The van der Waals surface area contributed by atoms with Gasteiger partial charge in [0.2, 0.25) is 17.5 Å². The number of amides is 2. The number of unbranched alkanes of at least 4 members (excludes halogenated alkanes) is 2. The second-order valence-corrected chi connectivity index (χ2v) is 13.6. The second kappa shape index (κ2) is 19.1. The summed E-state index contributed by atoms with van der Waals surface area (Å²) in [4.78, 5) is 54.1. The van der Waals surface area contributed by atoms with Gasteiger partial charge < -0.3 is 27.3 Å². The van der Waals surface area contributed by atoms with Crippen LogP contribution in [0.1, 0.15) is 63.5 Å². The molecule has 0 heterocycles. The molecule has 0 aliphatic heterocycles. The van der Waals surface area contributed by atoms with E-state index in [2.05, 4.69) is 5.32 Å². The zero-order valence-electron chi connectivity index (χ0n) is 27.0. The Balaban J connectivity index is 2.56. The van der Waals surface area contributed by atoms with E-state index < -0.39 is 51.7 Å². The largest absolute Gasteiger partial charge is 0.448 e. The zero-order chi connectivity index (χ0) is 34.3. The van der Waals surface area contributed by atoms with Gasteiger partial charge in [-0.05, 0) is 75.7 Å². The summed E-state index contributed by atoms with van der Waals surface area (Å²) in [6.07, 6.45) is 0.724. The second-order valence-electron chi connectivity index (χ2n) is 11.8. The van der Waals surface area contributed by atoms with E-state index in [1.54, 1.807) is 63.2 Å². The van der Waals surface area contributed by atoms with Crippen LogP contribution in [0.3, 0.4) is 0 Å². The van der Waals surface area contributed by atoms with Gasteiger partial charge in [-0.25, -0.2) is 13.2 Å². The maximum Gasteiger partial charge on any atom is 0.424 e. The third-order valence-electron chi connectivity index (χ3n) is 7.28. The Bertz CT molecular complexity index is 1380. The molecule has 0 aromatic heterocycles. The van der Waals surface area contributed by atoms with E-state index in [-0.39, 0.29) is 49.6 Å². The Hall–Kier alpha value is -3.65. The molecule has 0 aliphatic rings. The molecule has 46 heavy (non-hydrogen) atoms. The van der Waals surface area contributed by atoms with Gasteiger partial charge in [0, 0.05) is 6.42 Å². The fraction of sp³-hybridized carbons (Fsp3) is 0.515. The molecule has 7 N–H and O–H groups in total. The number of aryl methyl sites for hydroxylation is 1. The molecule has 0 bridgehead atoms. The summed E-state index contributed by atoms with van der Waals surface area (Å²) in [6, 6.07) is 10.5. The lowest BCUT2D eigenvalue weighted by Gasteiger charge is -2.31. The van der Waals surface area contributed by atoms with Crippen molar-refractivity contribution in [3.8, 4) is 0 Å². The highest BCUT2D eigenvalue weighted by atomic mass is 32.2. The molecule has 2 aromatic rings. The van der Waals surface area contributed by atoms with Gasteiger partial charge in [0.15, 0.2) is 0 Å². The number of rotatable bonds is 20. The van der Waals surface area contributed by atoms with Crippen LogP contribution in [0, 0.1) is 12.8 Å². The number of benzene rings is 2. The van der Waals surface area contributed by atoms with Gasteiger partial charge in [0.1, 0.15) is 6.04 Å². The maximum atomic E-state index is 14.1. The first kappa shape index (κ1) is 38.5. The molecule has 0 saturated heterocycles. The summed E-state index contributed by atoms with van der Waals surface area (Å²) in [5.41, 5.74) is 18.7. The zero-order valence-corrected chi connectivity index (χ0v) is 27.8. The first-order valence-corrected chi connectivity index (χ1v) is 17.1. The lowest BCUT2D eigenvalue weighted by Crippen LogP contribution is -2.57. The number of nitrogens with zero attached hydrogens (tertiary/aromatic N) is 1. The van der Waals surface area contributed by atoms with Gasteiger partial charge in [-0.15, -0.1) is 0 Å². The summed E-state index contributed by atoms with van der Waals surface area (Å²) < 4.78 is 33.8. The summed E-state index contributed by atoms with van der Waals surface area (Å²) in [7, 11) is -4.62. The van der Waals surface area contributed by atoms with E-state index in [0.717, 1.165) is 5.56 Å². The molecule has 0 aliphatic carbocycles. The average Bonchev–Trinajstić information content (AvgIpc) is 3.02. The smallest absolute Gasteiger partial charge is 0.424 e. The van der Waals surface area contributed by atoms with Crippen LogP contribution in [0.15, 0.2) is 59.5 Å². The number of hydrogen-bond acceptors (Lipinski definition) is 10. The van der Waals surface area contributed by atoms with Crippen molar-refractivity contribution in [2.24, 2.45) is 23.1 Å². The highest BCUT2D eigenvalue weighted by Gasteiger charge is 2.42. The summed E-state index contributed by atoms with van der Waals surface area (Å²) >= 11 is 0. The molecule has 254 valence electrons. The number of hydrogen-bond donors (Lipinski definition) is 4. The molecule has 12 nitrogen and oxygen atoms in total. The lowest BCUT2D eigenvalue weighted by molar-refractivity contribution is -0.140. The monoisotopic (exact) mass is 659 g/mol. The molecule has 0 unspecified atom stereocenters. The van der Waals surface area contributed by atoms with Crippen LogP contribution >= 0.6 is 0 Å². The predicted octanol–water partition coefficient (Wildman–Crippen LogP) is 2.60. The van der Waals surface area contributed by atoms with Crippen LogP contribution in [0.4, 0.5) is 4.79 Å². The van der Waals surface area contributed by atoms with Gasteiger partial charge in [-0.3, -0.25) is 14.4 Å². The first-order chi connectivity index (χ1) is 21.8. The minimum atomic E-state index is -4.62. The van der Waals surface area contributed by atoms with Crippen molar-refractivity contribution in [3.05, 3.63) is 65.7 Å². The average molecular weight is 660 g/mol. The number of carbonyl (C=O) groups is 4. The Morgan fingerprint density at radius 1 is 0.848 bits per heavy atom. The van der Waals surface area contributed by atoms with E-state index in [1.807, 2.05) is 0 Å². The Morgan fingerprint density at radius 2 is 1.43 bits per heavy atom.